The molecule has 1 N–H and O–H groups in total. The van der Waals surface area contributed by atoms with Crippen LogP contribution in [-0.2, 0) is 4.43 Å². The molecule has 0 radical (unpaired) electrons. The predicted octanol–water partition coefficient (Wildman–Crippen LogP) is 5.12. The topological polar surface area (TPSA) is 49.8 Å². The summed E-state index contributed by atoms with van der Waals surface area (Å²) < 4.78 is 7.08. The summed E-state index contributed by atoms with van der Waals surface area (Å²) in [4.78, 5) is 13.8. The van der Waals surface area contributed by atoms with E-state index in [9.17, 15) is 9.90 Å². The van der Waals surface area contributed by atoms with E-state index in [1.165, 1.54) is 36.1 Å². The first-order valence-corrected chi connectivity index (χ1v) is 14.0. The van der Waals surface area contributed by atoms with E-state index in [1.54, 1.807) is 4.90 Å². The van der Waals surface area contributed by atoms with E-state index in [1.807, 2.05) is 12.1 Å². The van der Waals surface area contributed by atoms with Gasteiger partial charge in [-0.3, -0.25) is 0 Å². The van der Waals surface area contributed by atoms with Crippen LogP contribution in [0.4, 0.5) is 4.79 Å². The zero-order chi connectivity index (χ0) is 22.8. The molecule has 172 valence electrons. The van der Waals surface area contributed by atoms with Crippen molar-refractivity contribution < 1.29 is 14.3 Å². The molecule has 0 bridgehead atoms. The molecule has 4 rings (SSSR count). The minimum absolute atomic E-state index is 0.0697. The van der Waals surface area contributed by atoms with Gasteiger partial charge < -0.3 is 14.4 Å². The molecular formula is C27H37NO3Si. The van der Waals surface area contributed by atoms with Crippen LogP contribution >= 0.6 is 0 Å². The van der Waals surface area contributed by atoms with Crippen molar-refractivity contribution in [2.75, 3.05) is 13.2 Å². The van der Waals surface area contributed by atoms with Crippen LogP contribution in [0.5, 0.6) is 0 Å². The van der Waals surface area contributed by atoms with Gasteiger partial charge in [-0.05, 0) is 33.7 Å². The fraction of sp³-hybridized carbons (Fsp3) is 0.519. The highest BCUT2D eigenvalue weighted by Gasteiger charge is 2.51. The van der Waals surface area contributed by atoms with Crippen molar-refractivity contribution >= 4 is 24.8 Å². The number of likely N-dealkylation sites (tertiary alicyclic amines) is 1. The number of carboxylic acid groups (broad SMARTS) is 1. The Kier molecular flexibility index (Phi) is 6.77. The second-order valence-electron chi connectivity index (χ2n) is 10.6. The summed E-state index contributed by atoms with van der Waals surface area (Å²) in [7, 11) is -2.65. The lowest BCUT2D eigenvalue weighted by Gasteiger charge is -2.44. The molecule has 1 unspecified atom stereocenters. The van der Waals surface area contributed by atoms with E-state index in [2.05, 4.69) is 69.3 Å². The summed E-state index contributed by atoms with van der Waals surface area (Å²) in [5, 5.41) is 12.3. The summed E-state index contributed by atoms with van der Waals surface area (Å²) in [6.45, 7) is 7.93. The summed E-state index contributed by atoms with van der Waals surface area (Å²) >= 11 is 0. The summed E-state index contributed by atoms with van der Waals surface area (Å²) in [5.41, 5.74) is 0. The minimum Gasteiger partial charge on any atom is -0.465 e. The molecule has 2 aromatic rings. The van der Waals surface area contributed by atoms with Crippen molar-refractivity contribution in [3.05, 3.63) is 60.7 Å². The Bertz CT molecular complexity index is 851. The van der Waals surface area contributed by atoms with Crippen LogP contribution in [0.2, 0.25) is 5.04 Å². The van der Waals surface area contributed by atoms with Crippen molar-refractivity contribution in [2.24, 2.45) is 11.8 Å². The SMILES string of the molecule is CC(C)(C)[Si](OC[C@@H]1CC(C2CCCC2)CN1C(=O)O)(c1ccccc1)c1ccccc1. The van der Waals surface area contributed by atoms with E-state index in [-0.39, 0.29) is 11.1 Å². The molecule has 1 saturated heterocycles. The third-order valence-electron chi connectivity index (χ3n) is 7.67. The molecule has 2 atom stereocenters. The van der Waals surface area contributed by atoms with Gasteiger partial charge in [0.15, 0.2) is 0 Å². The van der Waals surface area contributed by atoms with Crippen LogP contribution in [0.15, 0.2) is 60.7 Å². The Morgan fingerprint density at radius 3 is 1.97 bits per heavy atom. The quantitative estimate of drug-likeness (QED) is 0.620. The average molecular weight is 452 g/mol. The fourth-order valence-corrected chi connectivity index (χ4v) is 10.7. The van der Waals surface area contributed by atoms with E-state index in [4.69, 9.17) is 4.43 Å². The lowest BCUT2D eigenvalue weighted by molar-refractivity contribution is 0.120. The molecule has 2 aliphatic rings. The number of benzene rings is 2. The van der Waals surface area contributed by atoms with Crippen molar-refractivity contribution in [3.63, 3.8) is 0 Å². The smallest absolute Gasteiger partial charge is 0.407 e. The zero-order valence-corrected chi connectivity index (χ0v) is 20.7. The van der Waals surface area contributed by atoms with Crippen molar-refractivity contribution in [3.8, 4) is 0 Å². The van der Waals surface area contributed by atoms with Gasteiger partial charge in [-0.25, -0.2) is 4.79 Å². The predicted molar refractivity (Wildman–Crippen MR) is 132 cm³/mol. The third kappa shape index (κ3) is 4.37. The van der Waals surface area contributed by atoms with Crippen LogP contribution < -0.4 is 10.4 Å². The number of amides is 1. The maximum Gasteiger partial charge on any atom is 0.407 e. The standard InChI is InChI=1S/C27H37NO3Si/c1-27(2,3)32(24-14-6-4-7-15-24,25-16-8-5-9-17-25)31-20-23-18-22(19-28(23)26(29)30)21-12-10-11-13-21/h4-9,14-17,21-23H,10-13,18-20H2,1-3H3,(H,29,30)/t22?,23-/m0/s1. The lowest BCUT2D eigenvalue weighted by Crippen LogP contribution is -2.67. The monoisotopic (exact) mass is 451 g/mol. The molecule has 2 aromatic carbocycles. The molecule has 5 heteroatoms. The minimum atomic E-state index is -2.65. The normalized spacial score (nSPS) is 22.4. The van der Waals surface area contributed by atoms with E-state index in [0.29, 0.717) is 25.0 Å². The molecule has 4 nitrogen and oxygen atoms in total. The molecular weight excluding hydrogens is 414 g/mol. The van der Waals surface area contributed by atoms with Crippen LogP contribution in [0.25, 0.3) is 0 Å². The van der Waals surface area contributed by atoms with E-state index >= 15 is 0 Å². The van der Waals surface area contributed by atoms with Gasteiger partial charge in [0.25, 0.3) is 8.32 Å². The summed E-state index contributed by atoms with van der Waals surface area (Å²) in [5.74, 6) is 1.15. The molecule has 0 spiro atoms. The van der Waals surface area contributed by atoms with Gasteiger partial charge in [0.2, 0.25) is 0 Å². The van der Waals surface area contributed by atoms with Crippen molar-refractivity contribution in [1.29, 1.82) is 0 Å². The van der Waals surface area contributed by atoms with Crippen LogP contribution in [0.1, 0.15) is 52.9 Å². The highest BCUT2D eigenvalue weighted by Crippen LogP contribution is 2.40. The zero-order valence-electron chi connectivity index (χ0n) is 19.7. The Morgan fingerprint density at radius 2 is 1.50 bits per heavy atom. The number of hydrogen-bond acceptors (Lipinski definition) is 2. The Morgan fingerprint density at radius 1 is 0.969 bits per heavy atom. The van der Waals surface area contributed by atoms with Crippen LogP contribution in [-0.4, -0.2) is 43.6 Å². The number of nitrogens with zero attached hydrogens (tertiary/aromatic N) is 1. The Labute approximate surface area is 193 Å². The maximum atomic E-state index is 12.1. The molecule has 0 aromatic heterocycles. The van der Waals surface area contributed by atoms with Crippen molar-refractivity contribution in [1.82, 2.24) is 4.90 Å². The highest BCUT2D eigenvalue weighted by atomic mass is 28.4. The van der Waals surface area contributed by atoms with Gasteiger partial charge in [0.05, 0.1) is 12.6 Å². The summed E-state index contributed by atoms with van der Waals surface area (Å²) in [6.07, 6.45) is 5.20. The second kappa shape index (κ2) is 9.40. The molecule has 1 amide bonds. The van der Waals surface area contributed by atoms with Gasteiger partial charge >= 0.3 is 6.09 Å². The molecule has 2 fully saturated rings. The molecule has 1 heterocycles. The van der Waals surface area contributed by atoms with Gasteiger partial charge in [0, 0.05) is 6.54 Å². The first-order valence-electron chi connectivity index (χ1n) is 12.1. The largest absolute Gasteiger partial charge is 0.465 e. The molecule has 1 aliphatic heterocycles. The van der Waals surface area contributed by atoms with E-state index in [0.717, 1.165) is 6.42 Å². The fourth-order valence-electron chi connectivity index (χ4n) is 6.10. The molecule has 1 saturated carbocycles. The third-order valence-corrected chi connectivity index (χ3v) is 12.7. The first kappa shape index (κ1) is 23.1. The molecule has 32 heavy (non-hydrogen) atoms. The average Bonchev–Trinajstić information content (AvgIpc) is 3.45. The number of rotatable bonds is 6. The number of carbonyl (C=O) groups is 1. The van der Waals surface area contributed by atoms with E-state index < -0.39 is 14.4 Å². The summed E-state index contributed by atoms with van der Waals surface area (Å²) in [6, 6.07) is 21.1. The maximum absolute atomic E-state index is 12.1. The van der Waals surface area contributed by atoms with Gasteiger partial charge in [0.1, 0.15) is 0 Å². The van der Waals surface area contributed by atoms with Crippen LogP contribution in [0, 0.1) is 11.8 Å². The van der Waals surface area contributed by atoms with Crippen molar-refractivity contribution in [2.45, 2.75) is 64.0 Å². The lowest BCUT2D eigenvalue weighted by atomic mass is 9.89. The number of hydrogen-bond donors (Lipinski definition) is 1. The van der Waals surface area contributed by atoms with Gasteiger partial charge in [-0.15, -0.1) is 0 Å². The molecule has 1 aliphatic carbocycles. The van der Waals surface area contributed by atoms with Gasteiger partial charge in [-0.1, -0.05) is 107 Å². The van der Waals surface area contributed by atoms with Gasteiger partial charge in [-0.2, -0.15) is 0 Å². The Hall–Kier alpha value is -2.11. The second-order valence-corrected chi connectivity index (χ2v) is 14.9. The highest BCUT2D eigenvalue weighted by molar-refractivity contribution is 6.99. The Balaban J connectivity index is 1.66. The van der Waals surface area contributed by atoms with Crippen LogP contribution in [0.3, 0.4) is 0 Å². The first-order chi connectivity index (χ1) is 15.3.